The first-order valence-corrected chi connectivity index (χ1v) is 20.0. The average Bonchev–Trinajstić information content (AvgIpc) is 3.87. The van der Waals surface area contributed by atoms with Crippen molar-refractivity contribution in [1.29, 1.82) is 0 Å². The zero-order valence-electron chi connectivity index (χ0n) is 28.5. The summed E-state index contributed by atoms with van der Waals surface area (Å²) < 4.78 is 56.4. The van der Waals surface area contributed by atoms with Crippen LogP contribution in [0.25, 0.3) is 4.85 Å². The van der Waals surface area contributed by atoms with Crippen molar-refractivity contribution in [2.24, 2.45) is 17.6 Å². The highest BCUT2D eigenvalue weighted by Crippen LogP contribution is 2.57. The number of rotatable bonds is 5. The van der Waals surface area contributed by atoms with Crippen molar-refractivity contribution in [2.45, 2.75) is 92.6 Å². The maximum absolute atomic E-state index is 13.4. The maximum Gasteiger partial charge on any atom is 0.269 e. The summed E-state index contributed by atoms with van der Waals surface area (Å²) in [5.41, 5.74) is 12.0. The van der Waals surface area contributed by atoms with Gasteiger partial charge in [0, 0.05) is 23.9 Å². The van der Waals surface area contributed by atoms with E-state index in [9.17, 15) is 16.8 Å². The fourth-order valence-corrected chi connectivity index (χ4v) is 11.6. The topological polar surface area (TPSA) is 131 Å². The molecule has 50 heavy (non-hydrogen) atoms. The lowest BCUT2D eigenvalue weighted by molar-refractivity contribution is 0.208. The third-order valence-corrected chi connectivity index (χ3v) is 15.3. The van der Waals surface area contributed by atoms with Gasteiger partial charge in [-0.15, -0.1) is 4.98 Å². The van der Waals surface area contributed by atoms with E-state index < -0.39 is 20.0 Å². The Hall–Kier alpha value is -4.31. The molecule has 2 aromatic heterocycles. The van der Waals surface area contributed by atoms with Crippen LogP contribution in [0, 0.1) is 32.3 Å². The van der Waals surface area contributed by atoms with Crippen molar-refractivity contribution in [3.8, 4) is 0 Å². The molecule has 258 valence electrons. The molecule has 4 bridgehead atoms. The standard InChI is InChI=1S/C20H23N3O2S.C18H17N3O2S/c1-12-3-5-14(6-4-12)26(24,25)23-16-7-8-18(20(21)9-10-20)22-19(16)15-11-17(23)13(15)2;1-11-4-6-13(7-5-11)24(22,23)21-15-8-9-17(19-3)20-18(15)14-10-16(21)12(14)2/h3-8,13,15,17H,9-11,21H2,1-2H3;4-9,12,14,16H,10H2,1-2H3. The molecule has 6 heterocycles. The van der Waals surface area contributed by atoms with E-state index in [-0.39, 0.29) is 35.4 Å². The summed E-state index contributed by atoms with van der Waals surface area (Å²) in [5.74, 6) is 1.39. The molecular formula is C38H40N6O4S2. The average molecular weight is 709 g/mol. The van der Waals surface area contributed by atoms with Crippen LogP contribution >= 0.6 is 0 Å². The SMILES string of the molecule is Cc1ccc(S(=O)(=O)N2c3ccc(C4(N)CC4)nc3C3CC2C3C)cc1.[C-]#[N+]c1ccc2c(n1)C1CC(C1C)N2S(=O)(=O)c1ccc(C)cc1. The van der Waals surface area contributed by atoms with Gasteiger partial charge in [0.2, 0.25) is 0 Å². The van der Waals surface area contributed by atoms with E-state index in [0.717, 1.165) is 59.6 Å². The van der Waals surface area contributed by atoms with Gasteiger partial charge >= 0.3 is 0 Å². The first kappa shape index (κ1) is 32.9. The largest absolute Gasteiger partial charge is 0.361 e. The molecule has 3 fully saturated rings. The number of anilines is 2. The summed E-state index contributed by atoms with van der Waals surface area (Å²) in [7, 11) is -7.25. The lowest BCUT2D eigenvalue weighted by Crippen LogP contribution is -2.57. The van der Waals surface area contributed by atoms with E-state index in [1.807, 2.05) is 50.2 Å². The number of hydrogen-bond acceptors (Lipinski definition) is 7. The highest BCUT2D eigenvalue weighted by atomic mass is 32.2. The van der Waals surface area contributed by atoms with E-state index in [1.165, 1.54) is 4.31 Å². The Labute approximate surface area is 294 Å². The van der Waals surface area contributed by atoms with Crippen molar-refractivity contribution in [2.75, 3.05) is 8.61 Å². The van der Waals surface area contributed by atoms with Crippen LogP contribution in [0.5, 0.6) is 0 Å². The molecule has 2 aromatic carbocycles. The number of pyridine rings is 2. The minimum atomic E-state index is -3.64. The van der Waals surface area contributed by atoms with E-state index in [1.54, 1.807) is 40.7 Å². The second kappa shape index (κ2) is 11.4. The predicted molar refractivity (Wildman–Crippen MR) is 192 cm³/mol. The molecule has 3 saturated carbocycles. The number of aryl methyl sites for hydroxylation is 2. The number of benzene rings is 2. The first-order valence-electron chi connectivity index (χ1n) is 17.2. The summed E-state index contributed by atoms with van der Waals surface area (Å²) in [6.07, 6.45) is 3.51. The van der Waals surface area contributed by atoms with Crippen LogP contribution in [0.1, 0.15) is 79.6 Å². The highest BCUT2D eigenvalue weighted by molar-refractivity contribution is 7.93. The van der Waals surface area contributed by atoms with Crippen molar-refractivity contribution in [3.63, 3.8) is 0 Å². The van der Waals surface area contributed by atoms with E-state index in [2.05, 4.69) is 23.7 Å². The van der Waals surface area contributed by atoms with Crippen molar-refractivity contribution in [3.05, 3.63) is 112 Å². The molecule has 12 heteroatoms. The van der Waals surface area contributed by atoms with E-state index >= 15 is 0 Å². The summed E-state index contributed by atoms with van der Waals surface area (Å²) in [6.45, 7) is 15.2. The van der Waals surface area contributed by atoms with Crippen LogP contribution < -0.4 is 14.3 Å². The Bertz CT molecular complexity index is 2280. The minimum absolute atomic E-state index is 0.0132. The Morgan fingerprint density at radius 3 is 1.56 bits per heavy atom. The molecule has 0 saturated heterocycles. The number of sulfonamides is 2. The Morgan fingerprint density at radius 1 is 0.700 bits per heavy atom. The molecule has 3 aliphatic carbocycles. The molecule has 0 spiro atoms. The first-order chi connectivity index (χ1) is 23.7. The summed E-state index contributed by atoms with van der Waals surface area (Å²) in [4.78, 5) is 13.3. The van der Waals surface area contributed by atoms with Gasteiger partial charge in [-0.2, -0.15) is 0 Å². The van der Waals surface area contributed by atoms with Crippen LogP contribution in [0.3, 0.4) is 0 Å². The monoisotopic (exact) mass is 708 g/mol. The highest BCUT2D eigenvalue weighted by Gasteiger charge is 2.55. The second-order valence-corrected chi connectivity index (χ2v) is 18.3. The Kier molecular flexibility index (Phi) is 7.46. The number of aromatic nitrogens is 2. The van der Waals surface area contributed by atoms with Gasteiger partial charge in [0.15, 0.2) is 5.69 Å². The van der Waals surface area contributed by atoms with Gasteiger partial charge < -0.3 is 10.6 Å². The predicted octanol–water partition coefficient (Wildman–Crippen LogP) is 6.68. The van der Waals surface area contributed by atoms with Crippen LogP contribution in [0.15, 0.2) is 82.6 Å². The molecule has 11 rings (SSSR count). The molecule has 0 radical (unpaired) electrons. The third-order valence-electron chi connectivity index (χ3n) is 11.6. The Balaban J connectivity index is 0.000000145. The van der Waals surface area contributed by atoms with Crippen molar-refractivity contribution < 1.29 is 16.8 Å². The van der Waals surface area contributed by atoms with E-state index in [0.29, 0.717) is 27.2 Å². The van der Waals surface area contributed by atoms with Crippen molar-refractivity contribution >= 4 is 37.2 Å². The number of nitrogens with zero attached hydrogens (tertiary/aromatic N) is 5. The van der Waals surface area contributed by atoms with Gasteiger partial charge in [0.25, 0.3) is 25.9 Å². The molecule has 4 aliphatic heterocycles. The molecule has 6 unspecified atom stereocenters. The quantitative estimate of drug-likeness (QED) is 0.229. The lowest BCUT2D eigenvalue weighted by Gasteiger charge is -2.54. The summed E-state index contributed by atoms with van der Waals surface area (Å²) in [6, 6.07) is 21.1. The fraction of sp³-hybridized carbons (Fsp3) is 0.395. The van der Waals surface area contributed by atoms with Gasteiger partial charge in [-0.1, -0.05) is 55.8 Å². The molecule has 2 N–H and O–H groups in total. The van der Waals surface area contributed by atoms with Crippen molar-refractivity contribution in [1.82, 2.24) is 9.97 Å². The fourth-order valence-electron chi connectivity index (χ4n) is 8.06. The van der Waals surface area contributed by atoms with Gasteiger partial charge in [-0.05, 0) is 99.9 Å². The summed E-state index contributed by atoms with van der Waals surface area (Å²) in [5, 5.41) is 0. The number of hydrogen-bond donors (Lipinski definition) is 1. The van der Waals surface area contributed by atoms with Crippen LogP contribution in [0.4, 0.5) is 17.2 Å². The molecule has 0 amide bonds. The molecule has 7 aliphatic rings. The Morgan fingerprint density at radius 2 is 1.14 bits per heavy atom. The smallest absolute Gasteiger partial charge is 0.269 e. The van der Waals surface area contributed by atoms with Gasteiger partial charge in [0.1, 0.15) is 0 Å². The van der Waals surface area contributed by atoms with Gasteiger partial charge in [0.05, 0.1) is 38.1 Å². The number of nitrogens with two attached hydrogens (primary N) is 1. The third kappa shape index (κ3) is 4.96. The summed E-state index contributed by atoms with van der Waals surface area (Å²) >= 11 is 0. The minimum Gasteiger partial charge on any atom is -0.361 e. The zero-order valence-corrected chi connectivity index (χ0v) is 30.1. The molecule has 4 aromatic rings. The lowest BCUT2D eigenvalue weighted by atomic mass is 9.65. The molecular weight excluding hydrogens is 669 g/mol. The molecule has 6 atom stereocenters. The maximum atomic E-state index is 13.4. The second-order valence-electron chi connectivity index (χ2n) is 14.7. The van der Waals surface area contributed by atoms with Crippen LogP contribution in [-0.4, -0.2) is 38.9 Å². The van der Waals surface area contributed by atoms with Gasteiger partial charge in [-0.3, -0.25) is 13.6 Å². The van der Waals surface area contributed by atoms with Crippen LogP contribution in [0.2, 0.25) is 0 Å². The normalized spacial score (nSPS) is 26.6. The zero-order chi connectivity index (χ0) is 35.3. The molecule has 10 nitrogen and oxygen atoms in total. The van der Waals surface area contributed by atoms with Crippen LogP contribution in [-0.2, 0) is 25.6 Å². The van der Waals surface area contributed by atoms with E-state index in [4.69, 9.17) is 17.3 Å². The van der Waals surface area contributed by atoms with Gasteiger partial charge in [-0.25, -0.2) is 16.8 Å².